The van der Waals surface area contributed by atoms with Gasteiger partial charge in [-0.1, -0.05) is 78.9 Å². The van der Waals surface area contributed by atoms with Crippen LogP contribution in [-0.2, 0) is 0 Å². The Kier molecular flexibility index (Phi) is 5.54. The Hall–Kier alpha value is -3.27. The van der Waals surface area contributed by atoms with Crippen molar-refractivity contribution in [2.45, 2.75) is 6.42 Å². The van der Waals surface area contributed by atoms with E-state index in [2.05, 4.69) is 0 Å². The van der Waals surface area contributed by atoms with Crippen LogP contribution in [0.5, 0.6) is 0 Å². The van der Waals surface area contributed by atoms with E-state index in [1.807, 2.05) is 72.8 Å². The average Bonchev–Trinajstić information content (AvgIpc) is 2.66. The largest absolute Gasteiger partial charge is 0.294 e. The zero-order valence-electron chi connectivity index (χ0n) is 14.2. The van der Waals surface area contributed by atoms with Crippen molar-refractivity contribution in [1.82, 2.24) is 0 Å². The van der Waals surface area contributed by atoms with Crippen molar-refractivity contribution >= 4 is 22.6 Å². The standard InChI is InChI=1S/C22H19NO3/c24-22(21-13-12-19-8-4-5-9-20(19)15-21)14-18(16-23(25)26)11-10-17-6-2-1-3-7-17/h1-13,15,18H,14,16H2/b11-10+/t18-/m1/s1. The van der Waals surface area contributed by atoms with Gasteiger partial charge in [-0.15, -0.1) is 0 Å². The number of ketones is 1. The minimum absolute atomic E-state index is 0.0830. The van der Waals surface area contributed by atoms with Crippen LogP contribution in [0.25, 0.3) is 16.8 Å². The Morgan fingerprint density at radius 1 is 0.962 bits per heavy atom. The summed E-state index contributed by atoms with van der Waals surface area (Å²) in [4.78, 5) is 23.2. The molecule has 1 atom stereocenters. The van der Waals surface area contributed by atoms with Crippen LogP contribution in [0.1, 0.15) is 22.3 Å². The van der Waals surface area contributed by atoms with Crippen molar-refractivity contribution in [2.24, 2.45) is 5.92 Å². The maximum atomic E-state index is 12.6. The molecule has 3 aromatic rings. The Bertz CT molecular complexity index is 948. The fraction of sp³-hybridized carbons (Fsp3) is 0.136. The molecule has 0 unspecified atom stereocenters. The number of carbonyl (C=O) groups is 1. The fourth-order valence-electron chi connectivity index (χ4n) is 2.92. The van der Waals surface area contributed by atoms with Crippen LogP contribution in [0.4, 0.5) is 0 Å². The van der Waals surface area contributed by atoms with E-state index in [0.717, 1.165) is 16.3 Å². The summed E-state index contributed by atoms with van der Waals surface area (Å²) in [5.41, 5.74) is 1.55. The quantitative estimate of drug-likeness (QED) is 0.343. The molecule has 0 heterocycles. The van der Waals surface area contributed by atoms with Crippen LogP contribution in [0.3, 0.4) is 0 Å². The smallest absolute Gasteiger partial charge is 0.210 e. The number of benzene rings is 3. The first-order valence-electron chi connectivity index (χ1n) is 8.49. The number of carbonyl (C=O) groups excluding carboxylic acids is 1. The normalized spacial score (nSPS) is 12.3. The number of nitrogens with zero attached hydrogens (tertiary/aromatic N) is 1. The van der Waals surface area contributed by atoms with Gasteiger partial charge in [0.15, 0.2) is 5.78 Å². The second-order valence-electron chi connectivity index (χ2n) is 6.23. The Balaban J connectivity index is 1.77. The van der Waals surface area contributed by atoms with Crippen LogP contribution in [-0.4, -0.2) is 17.3 Å². The van der Waals surface area contributed by atoms with Gasteiger partial charge in [-0.2, -0.15) is 0 Å². The van der Waals surface area contributed by atoms with E-state index in [-0.39, 0.29) is 23.7 Å². The summed E-state index contributed by atoms with van der Waals surface area (Å²) in [6, 6.07) is 22.9. The van der Waals surface area contributed by atoms with Crippen LogP contribution in [0, 0.1) is 16.0 Å². The van der Waals surface area contributed by atoms with Gasteiger partial charge in [0.05, 0.1) is 0 Å². The zero-order valence-corrected chi connectivity index (χ0v) is 14.2. The van der Waals surface area contributed by atoms with E-state index >= 15 is 0 Å². The monoisotopic (exact) mass is 345 g/mol. The van der Waals surface area contributed by atoms with Gasteiger partial charge in [-0.25, -0.2) is 0 Å². The van der Waals surface area contributed by atoms with Crippen molar-refractivity contribution in [3.63, 3.8) is 0 Å². The number of fused-ring (bicyclic) bond motifs is 1. The first-order valence-corrected chi connectivity index (χ1v) is 8.49. The molecule has 0 amide bonds. The summed E-state index contributed by atoms with van der Waals surface area (Å²) in [6.07, 6.45) is 3.71. The molecule has 0 saturated carbocycles. The van der Waals surface area contributed by atoms with Crippen molar-refractivity contribution < 1.29 is 9.72 Å². The predicted octanol–water partition coefficient (Wildman–Crippen LogP) is 5.02. The van der Waals surface area contributed by atoms with Gasteiger partial charge in [-0.3, -0.25) is 14.9 Å². The summed E-state index contributed by atoms with van der Waals surface area (Å²) in [7, 11) is 0. The number of Topliss-reactive ketones (excluding diaryl/α,β-unsaturated/α-hetero) is 1. The SMILES string of the molecule is O=C(C[C@@H](/C=C/c1ccccc1)C[N+](=O)[O-])c1ccc2ccccc2c1. The predicted molar refractivity (Wildman–Crippen MR) is 104 cm³/mol. The Labute approximate surface area is 151 Å². The van der Waals surface area contributed by atoms with E-state index in [1.165, 1.54) is 0 Å². The van der Waals surface area contributed by atoms with Crippen LogP contribution < -0.4 is 0 Å². The van der Waals surface area contributed by atoms with Crippen molar-refractivity contribution in [3.8, 4) is 0 Å². The third-order valence-corrected chi connectivity index (χ3v) is 4.26. The Morgan fingerprint density at radius 2 is 1.65 bits per heavy atom. The molecule has 4 heteroatoms. The highest BCUT2D eigenvalue weighted by atomic mass is 16.6. The molecule has 130 valence electrons. The number of hydrogen-bond acceptors (Lipinski definition) is 3. The molecule has 0 aromatic heterocycles. The second-order valence-corrected chi connectivity index (χ2v) is 6.23. The fourth-order valence-corrected chi connectivity index (χ4v) is 2.92. The van der Waals surface area contributed by atoms with Crippen molar-refractivity contribution in [1.29, 1.82) is 0 Å². The molecule has 0 saturated heterocycles. The van der Waals surface area contributed by atoms with E-state index in [4.69, 9.17) is 0 Å². The lowest BCUT2D eigenvalue weighted by Gasteiger charge is -2.08. The maximum Gasteiger partial charge on any atom is 0.210 e. The molecule has 3 aromatic carbocycles. The molecular weight excluding hydrogens is 326 g/mol. The van der Waals surface area contributed by atoms with Gasteiger partial charge in [0.25, 0.3) is 0 Å². The third kappa shape index (κ3) is 4.63. The molecular formula is C22H19NO3. The van der Waals surface area contributed by atoms with Crippen LogP contribution >= 0.6 is 0 Å². The summed E-state index contributed by atoms with van der Waals surface area (Å²) >= 11 is 0. The summed E-state index contributed by atoms with van der Waals surface area (Å²) in [5, 5.41) is 13.0. The van der Waals surface area contributed by atoms with Gasteiger partial charge >= 0.3 is 0 Å². The van der Waals surface area contributed by atoms with Crippen molar-refractivity contribution in [2.75, 3.05) is 6.54 Å². The zero-order chi connectivity index (χ0) is 18.4. The molecule has 0 aliphatic rings. The highest BCUT2D eigenvalue weighted by molar-refractivity contribution is 6.00. The lowest BCUT2D eigenvalue weighted by Crippen LogP contribution is -2.16. The third-order valence-electron chi connectivity index (χ3n) is 4.26. The molecule has 0 fully saturated rings. The average molecular weight is 345 g/mol. The summed E-state index contributed by atoms with van der Waals surface area (Å²) < 4.78 is 0. The molecule has 0 radical (unpaired) electrons. The van der Waals surface area contributed by atoms with Gasteiger partial charge in [0, 0.05) is 22.8 Å². The molecule has 26 heavy (non-hydrogen) atoms. The summed E-state index contributed by atoms with van der Waals surface area (Å²) in [5.74, 6) is -0.524. The molecule has 0 aliphatic carbocycles. The Morgan fingerprint density at radius 3 is 2.38 bits per heavy atom. The lowest BCUT2D eigenvalue weighted by atomic mass is 9.95. The molecule has 0 bridgehead atoms. The van der Waals surface area contributed by atoms with Crippen molar-refractivity contribution in [3.05, 3.63) is 100 Å². The van der Waals surface area contributed by atoms with E-state index in [0.29, 0.717) is 5.56 Å². The topological polar surface area (TPSA) is 60.2 Å². The summed E-state index contributed by atoms with van der Waals surface area (Å²) in [6.45, 7) is -0.261. The first kappa shape index (κ1) is 17.5. The van der Waals surface area contributed by atoms with E-state index < -0.39 is 5.92 Å². The molecule has 0 N–H and O–H groups in total. The maximum absolute atomic E-state index is 12.6. The van der Waals surface area contributed by atoms with Crippen LogP contribution in [0.15, 0.2) is 78.9 Å². The minimum Gasteiger partial charge on any atom is -0.294 e. The molecule has 4 nitrogen and oxygen atoms in total. The highest BCUT2D eigenvalue weighted by Gasteiger charge is 2.18. The first-order chi connectivity index (χ1) is 12.6. The number of rotatable bonds is 7. The molecule has 3 rings (SSSR count). The van der Waals surface area contributed by atoms with Gasteiger partial charge in [-0.05, 0) is 22.4 Å². The second kappa shape index (κ2) is 8.21. The van der Waals surface area contributed by atoms with E-state index in [9.17, 15) is 14.9 Å². The van der Waals surface area contributed by atoms with Crippen LogP contribution in [0.2, 0.25) is 0 Å². The van der Waals surface area contributed by atoms with Gasteiger partial charge in [0.2, 0.25) is 6.54 Å². The van der Waals surface area contributed by atoms with Gasteiger partial charge in [0.1, 0.15) is 0 Å². The number of nitro groups is 1. The lowest BCUT2D eigenvalue weighted by molar-refractivity contribution is -0.485. The molecule has 0 spiro atoms. The minimum atomic E-state index is -0.441. The number of hydrogen-bond donors (Lipinski definition) is 0. The van der Waals surface area contributed by atoms with Gasteiger partial charge < -0.3 is 0 Å². The highest BCUT2D eigenvalue weighted by Crippen LogP contribution is 2.19. The molecule has 0 aliphatic heterocycles. The van der Waals surface area contributed by atoms with E-state index in [1.54, 1.807) is 12.1 Å².